The van der Waals surface area contributed by atoms with Crippen molar-refractivity contribution >= 4 is 12.4 Å². The van der Waals surface area contributed by atoms with Gasteiger partial charge in [-0.05, 0) is 12.1 Å². The van der Waals surface area contributed by atoms with Crippen LogP contribution in [-0.4, -0.2) is 6.67 Å². The normalized spacial score (nSPS) is 13.1. The molecule has 16 heavy (non-hydrogen) atoms. The molecule has 0 spiro atoms. The first-order valence-corrected chi connectivity index (χ1v) is 4.05. The fourth-order valence-electron chi connectivity index (χ4n) is 1.24. The van der Waals surface area contributed by atoms with Crippen molar-refractivity contribution in [2.24, 2.45) is 5.73 Å². The highest BCUT2D eigenvalue weighted by molar-refractivity contribution is 5.85. The van der Waals surface area contributed by atoms with Gasteiger partial charge in [0, 0.05) is 5.56 Å². The molecule has 1 rings (SSSR count). The second-order valence-electron chi connectivity index (χ2n) is 2.96. The van der Waals surface area contributed by atoms with Crippen LogP contribution in [0.15, 0.2) is 18.2 Å². The minimum atomic E-state index is -4.73. The summed E-state index contributed by atoms with van der Waals surface area (Å²) < 4.78 is 62.4. The molecule has 0 aliphatic carbocycles. The summed E-state index contributed by atoms with van der Waals surface area (Å²) in [5.41, 5.74) is 3.02. The molecule has 2 N–H and O–H groups in total. The first kappa shape index (κ1) is 15.1. The van der Waals surface area contributed by atoms with E-state index in [2.05, 4.69) is 0 Å². The summed E-state index contributed by atoms with van der Waals surface area (Å²) in [5.74, 6) is -1.14. The van der Waals surface area contributed by atoms with Crippen LogP contribution in [0.25, 0.3) is 0 Å². The van der Waals surface area contributed by atoms with Gasteiger partial charge in [-0.2, -0.15) is 13.2 Å². The molecule has 92 valence electrons. The molecule has 0 bridgehead atoms. The van der Waals surface area contributed by atoms with E-state index in [4.69, 9.17) is 5.73 Å². The van der Waals surface area contributed by atoms with Crippen LogP contribution < -0.4 is 5.73 Å². The zero-order chi connectivity index (χ0) is 11.6. The van der Waals surface area contributed by atoms with Crippen molar-refractivity contribution in [1.29, 1.82) is 0 Å². The molecule has 0 amide bonds. The fourth-order valence-corrected chi connectivity index (χ4v) is 1.24. The topological polar surface area (TPSA) is 26.0 Å². The molecule has 0 saturated heterocycles. The fraction of sp³-hybridized carbons (Fsp3) is 0.333. The van der Waals surface area contributed by atoms with Gasteiger partial charge in [0.15, 0.2) is 0 Å². The molecule has 0 aliphatic heterocycles. The van der Waals surface area contributed by atoms with Crippen molar-refractivity contribution in [1.82, 2.24) is 0 Å². The number of hydrogen-bond donors (Lipinski definition) is 1. The minimum absolute atomic E-state index is 0. The number of benzene rings is 1. The van der Waals surface area contributed by atoms with Crippen LogP contribution in [0.2, 0.25) is 0 Å². The molecule has 0 aromatic heterocycles. The van der Waals surface area contributed by atoms with Crippen molar-refractivity contribution in [3.63, 3.8) is 0 Å². The molecular formula is C9H9ClF5N. The highest BCUT2D eigenvalue weighted by Crippen LogP contribution is 2.35. The molecule has 7 heteroatoms. The predicted molar refractivity (Wildman–Crippen MR) is 51.6 cm³/mol. The molecule has 1 aromatic carbocycles. The maximum absolute atomic E-state index is 13.1. The predicted octanol–water partition coefficient (Wildman–Crippen LogP) is 3.24. The standard InChI is InChI=1S/C9H8F5N.ClH/c10-4-7(15)8-5(9(12,13)14)2-1-3-6(8)11;/h1-3,7H,4,15H2;1H/t7-;/m1./s1. The van der Waals surface area contributed by atoms with Gasteiger partial charge in [0.1, 0.15) is 12.5 Å². The largest absolute Gasteiger partial charge is 0.416 e. The van der Waals surface area contributed by atoms with E-state index in [0.29, 0.717) is 6.07 Å². The molecule has 0 heterocycles. The summed E-state index contributed by atoms with van der Waals surface area (Å²) in [6.07, 6.45) is -4.73. The van der Waals surface area contributed by atoms with Crippen LogP contribution in [0.5, 0.6) is 0 Å². The van der Waals surface area contributed by atoms with Crippen molar-refractivity contribution in [2.75, 3.05) is 6.67 Å². The first-order chi connectivity index (χ1) is 6.88. The summed E-state index contributed by atoms with van der Waals surface area (Å²) >= 11 is 0. The highest BCUT2D eigenvalue weighted by atomic mass is 35.5. The van der Waals surface area contributed by atoms with E-state index in [1.54, 1.807) is 0 Å². The third kappa shape index (κ3) is 3.05. The molecule has 1 nitrogen and oxygen atoms in total. The Bertz CT molecular complexity index is 352. The third-order valence-electron chi connectivity index (χ3n) is 1.90. The zero-order valence-electron chi connectivity index (χ0n) is 7.89. The van der Waals surface area contributed by atoms with E-state index in [0.717, 1.165) is 12.1 Å². The molecule has 0 aliphatic rings. The van der Waals surface area contributed by atoms with Crippen molar-refractivity contribution < 1.29 is 22.0 Å². The van der Waals surface area contributed by atoms with E-state index in [-0.39, 0.29) is 12.4 Å². The van der Waals surface area contributed by atoms with Crippen LogP contribution in [0.1, 0.15) is 17.2 Å². The quantitative estimate of drug-likeness (QED) is 0.813. The molecule has 1 aromatic rings. The van der Waals surface area contributed by atoms with E-state index < -0.39 is 35.8 Å². The molecular weight excluding hydrogens is 253 g/mol. The number of halogens is 6. The Morgan fingerprint density at radius 3 is 2.25 bits per heavy atom. The molecule has 1 atom stereocenters. The summed E-state index contributed by atoms with van der Waals surface area (Å²) in [7, 11) is 0. The van der Waals surface area contributed by atoms with Gasteiger partial charge in [-0.3, -0.25) is 0 Å². The maximum Gasteiger partial charge on any atom is 0.416 e. The summed E-state index contributed by atoms with van der Waals surface area (Å²) in [6.45, 7) is -1.25. The van der Waals surface area contributed by atoms with Crippen molar-refractivity contribution in [3.05, 3.63) is 35.1 Å². The lowest BCUT2D eigenvalue weighted by Gasteiger charge is -2.16. The monoisotopic (exact) mass is 261 g/mol. The summed E-state index contributed by atoms with van der Waals surface area (Å²) in [5, 5.41) is 0. The highest BCUT2D eigenvalue weighted by Gasteiger charge is 2.35. The lowest BCUT2D eigenvalue weighted by Crippen LogP contribution is -2.20. The van der Waals surface area contributed by atoms with Gasteiger partial charge in [-0.25, -0.2) is 8.78 Å². The van der Waals surface area contributed by atoms with Crippen LogP contribution in [-0.2, 0) is 6.18 Å². The molecule has 0 radical (unpaired) electrons. The Morgan fingerprint density at radius 1 is 1.25 bits per heavy atom. The van der Waals surface area contributed by atoms with Crippen molar-refractivity contribution in [3.8, 4) is 0 Å². The second-order valence-corrected chi connectivity index (χ2v) is 2.96. The average molecular weight is 262 g/mol. The molecule has 0 unspecified atom stereocenters. The van der Waals surface area contributed by atoms with Gasteiger partial charge in [0.2, 0.25) is 0 Å². The Labute approximate surface area is 94.8 Å². The Hall–Kier alpha value is -0.880. The number of hydrogen-bond acceptors (Lipinski definition) is 1. The maximum atomic E-state index is 13.1. The van der Waals surface area contributed by atoms with Gasteiger partial charge < -0.3 is 5.73 Å². The van der Waals surface area contributed by atoms with E-state index in [9.17, 15) is 22.0 Å². The van der Waals surface area contributed by atoms with Gasteiger partial charge in [-0.1, -0.05) is 6.07 Å². The van der Waals surface area contributed by atoms with Crippen LogP contribution in [0.3, 0.4) is 0 Å². The number of rotatable bonds is 2. The van der Waals surface area contributed by atoms with Crippen LogP contribution in [0.4, 0.5) is 22.0 Å². The molecule has 0 fully saturated rings. The van der Waals surface area contributed by atoms with Crippen LogP contribution in [0, 0.1) is 5.82 Å². The Kier molecular flexibility index (Phi) is 5.15. The SMILES string of the molecule is Cl.N[C@H](CF)c1c(F)cccc1C(F)(F)F. The Balaban J connectivity index is 0.00000225. The lowest BCUT2D eigenvalue weighted by molar-refractivity contribution is -0.138. The number of nitrogens with two attached hydrogens (primary N) is 1. The first-order valence-electron chi connectivity index (χ1n) is 4.05. The number of alkyl halides is 4. The minimum Gasteiger partial charge on any atom is -0.322 e. The van der Waals surface area contributed by atoms with Gasteiger partial charge in [0.05, 0.1) is 11.6 Å². The van der Waals surface area contributed by atoms with E-state index >= 15 is 0 Å². The molecule has 0 saturated carbocycles. The third-order valence-corrected chi connectivity index (χ3v) is 1.90. The summed E-state index contributed by atoms with van der Waals surface area (Å²) in [6, 6.07) is 0.809. The van der Waals surface area contributed by atoms with Gasteiger partial charge in [0.25, 0.3) is 0 Å². The van der Waals surface area contributed by atoms with Gasteiger partial charge in [-0.15, -0.1) is 12.4 Å². The average Bonchev–Trinajstić information content (AvgIpc) is 2.15. The smallest absolute Gasteiger partial charge is 0.322 e. The van der Waals surface area contributed by atoms with E-state index in [1.807, 2.05) is 0 Å². The summed E-state index contributed by atoms with van der Waals surface area (Å²) in [4.78, 5) is 0. The van der Waals surface area contributed by atoms with E-state index in [1.165, 1.54) is 0 Å². The van der Waals surface area contributed by atoms with Gasteiger partial charge >= 0.3 is 6.18 Å². The second kappa shape index (κ2) is 5.45. The lowest BCUT2D eigenvalue weighted by atomic mass is 10.0. The van der Waals surface area contributed by atoms with Crippen molar-refractivity contribution in [2.45, 2.75) is 12.2 Å². The zero-order valence-corrected chi connectivity index (χ0v) is 8.71. The Morgan fingerprint density at radius 2 is 1.81 bits per heavy atom. The van der Waals surface area contributed by atoms with Crippen LogP contribution >= 0.6 is 12.4 Å².